The number of benzene rings is 1. The Hall–Kier alpha value is -0.840. The first kappa shape index (κ1) is 12.2. The first-order chi connectivity index (χ1) is 7.00. The van der Waals surface area contributed by atoms with Gasteiger partial charge in [0.05, 0.1) is 0 Å². The molecule has 1 atom stereocenters. The Morgan fingerprint density at radius 2 is 2.20 bits per heavy atom. The third-order valence-corrected chi connectivity index (χ3v) is 2.62. The van der Waals surface area contributed by atoms with E-state index in [2.05, 4.69) is 29.2 Å². The molecule has 0 fully saturated rings. The molecule has 0 N–H and O–H groups in total. The number of esters is 1. The Labute approximate surface area is 103 Å². The molecule has 0 heterocycles. The average molecular weight is 316 g/mol. The van der Waals surface area contributed by atoms with Gasteiger partial charge in [-0.05, 0) is 54.1 Å². The van der Waals surface area contributed by atoms with E-state index in [9.17, 15) is 4.79 Å². The van der Waals surface area contributed by atoms with Gasteiger partial charge in [0.25, 0.3) is 0 Å². The lowest BCUT2D eigenvalue weighted by Crippen LogP contribution is -2.09. The molecule has 15 heavy (non-hydrogen) atoms. The Kier molecular flexibility index (Phi) is 4.32. The molecule has 0 radical (unpaired) electrons. The monoisotopic (exact) mass is 316 g/mol. The predicted octanol–water partition coefficient (Wildman–Crippen LogP) is 3.47. The highest BCUT2D eigenvalue weighted by Gasteiger charge is 2.11. The van der Waals surface area contributed by atoms with Crippen LogP contribution in [0.3, 0.4) is 0 Å². The van der Waals surface area contributed by atoms with Gasteiger partial charge in [0.1, 0.15) is 6.10 Å². The lowest BCUT2D eigenvalue weighted by molar-refractivity contribution is -0.143. The summed E-state index contributed by atoms with van der Waals surface area (Å²) in [6.45, 7) is 7.04. The number of halogens is 1. The van der Waals surface area contributed by atoms with Crippen LogP contribution in [0.15, 0.2) is 36.4 Å². The normalized spacial score (nSPS) is 11.9. The maximum Gasteiger partial charge on any atom is 0.333 e. The smallest absolute Gasteiger partial charge is 0.333 e. The summed E-state index contributed by atoms with van der Waals surface area (Å²) < 4.78 is 6.34. The van der Waals surface area contributed by atoms with Crippen LogP contribution >= 0.6 is 22.6 Å². The summed E-state index contributed by atoms with van der Waals surface area (Å²) in [4.78, 5) is 11.3. The van der Waals surface area contributed by atoms with Crippen LogP contribution in [0.25, 0.3) is 0 Å². The van der Waals surface area contributed by atoms with E-state index in [1.165, 1.54) is 0 Å². The van der Waals surface area contributed by atoms with Crippen molar-refractivity contribution in [2.45, 2.75) is 20.0 Å². The van der Waals surface area contributed by atoms with Crippen molar-refractivity contribution in [3.8, 4) is 0 Å². The van der Waals surface area contributed by atoms with Gasteiger partial charge in [0.2, 0.25) is 0 Å². The van der Waals surface area contributed by atoms with Crippen molar-refractivity contribution < 1.29 is 9.53 Å². The zero-order valence-corrected chi connectivity index (χ0v) is 10.9. The minimum atomic E-state index is -0.346. The molecule has 0 amide bonds. The van der Waals surface area contributed by atoms with Crippen LogP contribution in [0, 0.1) is 3.57 Å². The Morgan fingerprint density at radius 3 is 2.73 bits per heavy atom. The molecule has 2 nitrogen and oxygen atoms in total. The summed E-state index contributed by atoms with van der Waals surface area (Å²) in [6.07, 6.45) is -0.232. The quantitative estimate of drug-likeness (QED) is 0.485. The molecule has 1 rings (SSSR count). The number of rotatable bonds is 3. The van der Waals surface area contributed by atoms with Crippen LogP contribution in [0.2, 0.25) is 0 Å². The highest BCUT2D eigenvalue weighted by atomic mass is 127. The molecule has 0 aliphatic carbocycles. The van der Waals surface area contributed by atoms with E-state index in [1.807, 2.05) is 31.2 Å². The van der Waals surface area contributed by atoms with Gasteiger partial charge in [0.15, 0.2) is 0 Å². The van der Waals surface area contributed by atoms with Gasteiger partial charge in [-0.2, -0.15) is 0 Å². The highest BCUT2D eigenvalue weighted by Crippen LogP contribution is 2.19. The van der Waals surface area contributed by atoms with Crippen molar-refractivity contribution in [2.75, 3.05) is 0 Å². The second-order valence-corrected chi connectivity index (χ2v) is 4.63. The molecule has 3 heteroatoms. The van der Waals surface area contributed by atoms with E-state index < -0.39 is 0 Å². The van der Waals surface area contributed by atoms with Crippen LogP contribution < -0.4 is 0 Å². The molecule has 0 aliphatic heterocycles. The molecule has 80 valence electrons. The summed E-state index contributed by atoms with van der Waals surface area (Å²) in [7, 11) is 0. The third kappa shape index (κ3) is 3.66. The summed E-state index contributed by atoms with van der Waals surface area (Å²) in [6, 6.07) is 7.88. The predicted molar refractivity (Wildman–Crippen MR) is 68.5 cm³/mol. The molecule has 1 unspecified atom stereocenters. The van der Waals surface area contributed by atoms with Gasteiger partial charge in [-0.1, -0.05) is 18.7 Å². The first-order valence-corrected chi connectivity index (χ1v) is 5.70. The fourth-order valence-electron chi connectivity index (χ4n) is 1.09. The maximum atomic E-state index is 11.3. The summed E-state index contributed by atoms with van der Waals surface area (Å²) in [5.41, 5.74) is 1.42. The first-order valence-electron chi connectivity index (χ1n) is 4.62. The molecule has 0 aromatic heterocycles. The van der Waals surface area contributed by atoms with Crippen LogP contribution in [-0.4, -0.2) is 5.97 Å². The van der Waals surface area contributed by atoms with Crippen molar-refractivity contribution in [1.29, 1.82) is 0 Å². The zero-order valence-electron chi connectivity index (χ0n) is 8.79. The van der Waals surface area contributed by atoms with E-state index in [0.29, 0.717) is 5.57 Å². The Bertz CT molecular complexity index is 385. The van der Waals surface area contributed by atoms with Crippen LogP contribution in [-0.2, 0) is 9.53 Å². The van der Waals surface area contributed by atoms with Gasteiger partial charge in [0, 0.05) is 9.14 Å². The van der Waals surface area contributed by atoms with Gasteiger partial charge >= 0.3 is 5.97 Å². The van der Waals surface area contributed by atoms with Crippen LogP contribution in [0.5, 0.6) is 0 Å². The zero-order chi connectivity index (χ0) is 11.4. The number of hydrogen-bond acceptors (Lipinski definition) is 2. The lowest BCUT2D eigenvalue weighted by atomic mass is 10.1. The molecule has 0 saturated carbocycles. The second-order valence-electron chi connectivity index (χ2n) is 3.38. The van der Waals surface area contributed by atoms with Crippen molar-refractivity contribution >= 4 is 28.6 Å². The Morgan fingerprint density at radius 1 is 1.53 bits per heavy atom. The van der Waals surface area contributed by atoms with Crippen molar-refractivity contribution in [3.05, 3.63) is 45.6 Å². The average Bonchev–Trinajstić information content (AvgIpc) is 2.17. The van der Waals surface area contributed by atoms with Crippen molar-refractivity contribution in [3.63, 3.8) is 0 Å². The molecule has 0 bridgehead atoms. The van der Waals surface area contributed by atoms with Gasteiger partial charge in [-0.25, -0.2) is 4.79 Å². The topological polar surface area (TPSA) is 26.3 Å². The molecule has 0 saturated heterocycles. The molecular weight excluding hydrogens is 303 g/mol. The minimum Gasteiger partial charge on any atom is -0.454 e. The molecule has 1 aromatic rings. The van der Waals surface area contributed by atoms with Gasteiger partial charge in [-0.15, -0.1) is 0 Å². The van der Waals surface area contributed by atoms with E-state index in [1.54, 1.807) is 6.92 Å². The molecule has 0 spiro atoms. The largest absolute Gasteiger partial charge is 0.454 e. The fraction of sp³-hybridized carbons (Fsp3) is 0.250. The second kappa shape index (κ2) is 5.30. The third-order valence-electron chi connectivity index (χ3n) is 1.95. The summed E-state index contributed by atoms with van der Waals surface area (Å²) in [5.74, 6) is -0.346. The van der Waals surface area contributed by atoms with Crippen molar-refractivity contribution in [2.24, 2.45) is 0 Å². The molecular formula is C12H13IO2. The number of hydrogen-bond donors (Lipinski definition) is 0. The Balaban J connectivity index is 2.73. The highest BCUT2D eigenvalue weighted by molar-refractivity contribution is 14.1. The summed E-state index contributed by atoms with van der Waals surface area (Å²) >= 11 is 2.23. The summed E-state index contributed by atoms with van der Waals surface area (Å²) in [5, 5.41) is 0. The molecule has 0 aliphatic rings. The van der Waals surface area contributed by atoms with E-state index in [0.717, 1.165) is 9.13 Å². The maximum absolute atomic E-state index is 11.3. The van der Waals surface area contributed by atoms with Crippen LogP contribution in [0.1, 0.15) is 25.5 Å². The lowest BCUT2D eigenvalue weighted by Gasteiger charge is -2.13. The number of carbonyl (C=O) groups excluding carboxylic acids is 1. The number of carbonyl (C=O) groups is 1. The SMILES string of the molecule is C=C(C)C(=O)OC(C)c1cccc(I)c1. The van der Waals surface area contributed by atoms with Gasteiger partial charge < -0.3 is 4.74 Å². The minimum absolute atomic E-state index is 0.232. The molecule has 1 aromatic carbocycles. The van der Waals surface area contributed by atoms with Crippen molar-refractivity contribution in [1.82, 2.24) is 0 Å². The van der Waals surface area contributed by atoms with Gasteiger partial charge in [-0.3, -0.25) is 0 Å². The standard InChI is InChI=1S/C12H13IO2/c1-8(2)12(14)15-9(3)10-5-4-6-11(13)7-10/h4-7,9H,1H2,2-3H3. The fourth-order valence-corrected chi connectivity index (χ4v) is 1.66. The number of ether oxygens (including phenoxy) is 1. The van der Waals surface area contributed by atoms with E-state index in [-0.39, 0.29) is 12.1 Å². The van der Waals surface area contributed by atoms with Crippen LogP contribution in [0.4, 0.5) is 0 Å². The van der Waals surface area contributed by atoms with E-state index >= 15 is 0 Å². The van der Waals surface area contributed by atoms with E-state index in [4.69, 9.17) is 4.74 Å².